The minimum Gasteiger partial charge on any atom is -0.310 e. The summed E-state index contributed by atoms with van der Waals surface area (Å²) in [6, 6.07) is 63.6. The van der Waals surface area contributed by atoms with Crippen molar-refractivity contribution in [3.8, 4) is 44.5 Å². The fourth-order valence-electron chi connectivity index (χ4n) is 10.6. The van der Waals surface area contributed by atoms with Gasteiger partial charge in [-0.15, -0.1) is 0 Å². The molecule has 0 radical (unpaired) electrons. The fraction of sp³-hybridized carbons (Fsp3) is 0.0690. The second-order valence-electron chi connectivity index (χ2n) is 16.6. The molecule has 0 aromatic heterocycles. The third kappa shape index (κ3) is 4.85. The van der Waals surface area contributed by atoms with Crippen molar-refractivity contribution >= 4 is 35.3 Å². The molecule has 3 aliphatic carbocycles. The number of hydrogen-bond acceptors (Lipinski definition) is 1. The van der Waals surface area contributed by atoms with E-state index in [2.05, 4.69) is 208 Å². The van der Waals surface area contributed by atoms with Gasteiger partial charge in [0.1, 0.15) is 0 Å². The first-order valence-corrected chi connectivity index (χ1v) is 20.5. The molecule has 59 heavy (non-hydrogen) atoms. The summed E-state index contributed by atoms with van der Waals surface area (Å²) < 4.78 is 0. The van der Waals surface area contributed by atoms with Gasteiger partial charge in [0.05, 0.1) is 11.1 Å². The van der Waals surface area contributed by atoms with Crippen LogP contribution in [0.15, 0.2) is 190 Å². The van der Waals surface area contributed by atoms with Crippen LogP contribution in [0.4, 0.5) is 17.1 Å². The molecule has 8 aromatic rings. The minimum absolute atomic E-state index is 0.210. The van der Waals surface area contributed by atoms with Crippen molar-refractivity contribution in [3.05, 3.63) is 240 Å². The first-order valence-electron chi connectivity index (χ1n) is 20.5. The molecule has 1 spiro atoms. The van der Waals surface area contributed by atoms with E-state index in [0.29, 0.717) is 0 Å². The largest absolute Gasteiger partial charge is 0.310 e. The lowest BCUT2D eigenvalue weighted by atomic mass is 9.70. The van der Waals surface area contributed by atoms with Crippen LogP contribution in [0, 0.1) is 0 Å². The molecule has 0 amide bonds. The van der Waals surface area contributed by atoms with Gasteiger partial charge in [-0.3, -0.25) is 0 Å². The Balaban J connectivity index is 1.20. The highest BCUT2D eigenvalue weighted by molar-refractivity contribution is 5.98. The predicted molar refractivity (Wildman–Crippen MR) is 251 cm³/mol. The topological polar surface area (TPSA) is 3.24 Å². The lowest BCUT2D eigenvalue weighted by Crippen LogP contribution is -2.26. The summed E-state index contributed by atoms with van der Waals surface area (Å²) in [7, 11) is 0. The summed E-state index contributed by atoms with van der Waals surface area (Å²) in [4.78, 5) is 2.49. The molecule has 1 nitrogen and oxygen atoms in total. The second-order valence-corrected chi connectivity index (χ2v) is 16.6. The molecule has 0 fully saturated rings. The summed E-state index contributed by atoms with van der Waals surface area (Å²) in [6.45, 7) is 17.1. The third-order valence-electron chi connectivity index (χ3n) is 13.4. The lowest BCUT2D eigenvalue weighted by molar-refractivity contribution is 0.660. The number of rotatable bonds is 7. The molecule has 280 valence electrons. The third-order valence-corrected chi connectivity index (χ3v) is 13.4. The maximum absolute atomic E-state index is 4.23. The van der Waals surface area contributed by atoms with Crippen LogP contribution in [0.25, 0.3) is 62.7 Å². The minimum atomic E-state index is -0.461. The Morgan fingerprint density at radius 3 is 1.32 bits per heavy atom. The van der Waals surface area contributed by atoms with Crippen molar-refractivity contribution in [3.63, 3.8) is 0 Å². The quantitative estimate of drug-likeness (QED) is 0.157. The molecule has 0 atom stereocenters. The fourth-order valence-corrected chi connectivity index (χ4v) is 10.6. The van der Waals surface area contributed by atoms with Gasteiger partial charge < -0.3 is 4.90 Å². The Kier molecular flexibility index (Phi) is 7.65. The van der Waals surface area contributed by atoms with E-state index >= 15 is 0 Å². The van der Waals surface area contributed by atoms with E-state index in [1.807, 2.05) is 18.2 Å². The van der Waals surface area contributed by atoms with Crippen molar-refractivity contribution in [2.24, 2.45) is 0 Å². The molecule has 3 aliphatic rings. The first-order chi connectivity index (χ1) is 28.9. The van der Waals surface area contributed by atoms with Gasteiger partial charge in [0.15, 0.2) is 0 Å². The highest BCUT2D eigenvalue weighted by Crippen LogP contribution is 2.63. The molecule has 11 rings (SSSR count). The van der Waals surface area contributed by atoms with Crippen LogP contribution < -0.4 is 4.90 Å². The van der Waals surface area contributed by atoms with Crippen LogP contribution in [-0.4, -0.2) is 0 Å². The average molecular weight is 754 g/mol. The SMILES string of the molecule is C=Cc1ccc(-c2ccc(C=C)cc2N(c2ccc3c(c2)C(C)(C)c2cc(C=C)ccc2-3)c2ccc3c(c2)C2(c4ccccc4-c4ccccc42)c2ccccc2-3)cc1. The van der Waals surface area contributed by atoms with Crippen LogP contribution in [0.2, 0.25) is 0 Å². The Bertz CT molecular complexity index is 3020. The molecule has 0 saturated heterocycles. The van der Waals surface area contributed by atoms with E-state index in [1.165, 1.54) is 66.8 Å². The highest BCUT2D eigenvalue weighted by atomic mass is 15.1. The van der Waals surface area contributed by atoms with Gasteiger partial charge >= 0.3 is 0 Å². The van der Waals surface area contributed by atoms with Gasteiger partial charge in [-0.05, 0) is 119 Å². The van der Waals surface area contributed by atoms with Crippen molar-refractivity contribution in [1.29, 1.82) is 0 Å². The van der Waals surface area contributed by atoms with Gasteiger partial charge in [-0.2, -0.15) is 0 Å². The standard InChI is InChI=1S/C58H43N/c1-6-37-21-25-40(26-22-37)43-29-23-39(8-3)34-56(43)59(41-27-31-48-47-30-24-38(7-2)33-53(47)57(4,5)54(48)35-41)42-28-32-49-46-17-11-14-20-52(46)58(55(49)36-42)50-18-12-9-15-44(50)45-16-10-13-19-51(45)58/h6-36H,1-3H2,4-5H3. The summed E-state index contributed by atoms with van der Waals surface area (Å²) in [5.74, 6) is 0. The maximum atomic E-state index is 4.23. The number of benzene rings is 8. The molecule has 0 N–H and O–H groups in total. The van der Waals surface area contributed by atoms with Crippen molar-refractivity contribution in [2.75, 3.05) is 4.90 Å². The molecule has 0 saturated carbocycles. The predicted octanol–water partition coefficient (Wildman–Crippen LogP) is 15.4. The first kappa shape index (κ1) is 35.0. The van der Waals surface area contributed by atoms with Gasteiger partial charge in [-0.25, -0.2) is 0 Å². The van der Waals surface area contributed by atoms with Crippen LogP contribution in [0.3, 0.4) is 0 Å². The van der Waals surface area contributed by atoms with Gasteiger partial charge in [0, 0.05) is 22.4 Å². The van der Waals surface area contributed by atoms with E-state index in [0.717, 1.165) is 44.9 Å². The number of anilines is 3. The van der Waals surface area contributed by atoms with Gasteiger partial charge in [0.2, 0.25) is 0 Å². The Labute approximate surface area is 347 Å². The normalized spacial score (nSPS) is 14.1. The van der Waals surface area contributed by atoms with Crippen LogP contribution >= 0.6 is 0 Å². The Morgan fingerprint density at radius 2 is 0.780 bits per heavy atom. The van der Waals surface area contributed by atoms with Crippen LogP contribution in [-0.2, 0) is 10.8 Å². The van der Waals surface area contributed by atoms with E-state index in [9.17, 15) is 0 Å². The number of nitrogens with zero attached hydrogens (tertiary/aromatic N) is 1. The molecule has 0 aliphatic heterocycles. The molecule has 0 bridgehead atoms. The number of fused-ring (bicyclic) bond motifs is 13. The highest BCUT2D eigenvalue weighted by Gasteiger charge is 2.51. The van der Waals surface area contributed by atoms with Gasteiger partial charge in [0.25, 0.3) is 0 Å². The summed E-state index contributed by atoms with van der Waals surface area (Å²) in [6.07, 6.45) is 5.80. The average Bonchev–Trinajstić information content (AvgIpc) is 3.84. The zero-order valence-electron chi connectivity index (χ0n) is 33.5. The Hall–Kier alpha value is -7.22. The van der Waals surface area contributed by atoms with Crippen LogP contribution in [0.5, 0.6) is 0 Å². The molecule has 0 unspecified atom stereocenters. The molecule has 8 aromatic carbocycles. The smallest absolute Gasteiger partial charge is 0.0726 e. The van der Waals surface area contributed by atoms with E-state index in [4.69, 9.17) is 0 Å². The van der Waals surface area contributed by atoms with E-state index in [-0.39, 0.29) is 5.41 Å². The van der Waals surface area contributed by atoms with Gasteiger partial charge in [-0.1, -0.05) is 191 Å². The monoisotopic (exact) mass is 753 g/mol. The zero-order valence-corrected chi connectivity index (χ0v) is 33.5. The van der Waals surface area contributed by atoms with Crippen LogP contribution in [0.1, 0.15) is 63.9 Å². The molecule has 0 heterocycles. The molecular weight excluding hydrogens is 711 g/mol. The van der Waals surface area contributed by atoms with Crippen molar-refractivity contribution in [2.45, 2.75) is 24.7 Å². The van der Waals surface area contributed by atoms with E-state index < -0.39 is 5.41 Å². The zero-order chi connectivity index (χ0) is 40.0. The van der Waals surface area contributed by atoms with E-state index in [1.54, 1.807) is 0 Å². The lowest BCUT2D eigenvalue weighted by Gasteiger charge is -2.33. The Morgan fingerprint density at radius 1 is 0.373 bits per heavy atom. The summed E-state index contributed by atoms with van der Waals surface area (Å²) >= 11 is 0. The van der Waals surface area contributed by atoms with Crippen molar-refractivity contribution in [1.82, 2.24) is 0 Å². The number of hydrogen-bond donors (Lipinski definition) is 0. The molecule has 1 heteroatoms. The van der Waals surface area contributed by atoms with Crippen molar-refractivity contribution < 1.29 is 0 Å². The second kappa shape index (κ2) is 12.9. The maximum Gasteiger partial charge on any atom is 0.0726 e. The summed E-state index contributed by atoms with van der Waals surface area (Å²) in [5.41, 5.74) is 23.9. The summed E-state index contributed by atoms with van der Waals surface area (Å²) in [5, 5.41) is 0. The molecular formula is C58H43N.